The van der Waals surface area contributed by atoms with Gasteiger partial charge in [-0.25, -0.2) is 4.79 Å². The highest BCUT2D eigenvalue weighted by molar-refractivity contribution is 5.98. The summed E-state index contributed by atoms with van der Waals surface area (Å²) in [5.41, 5.74) is 1.04. The van der Waals surface area contributed by atoms with Crippen molar-refractivity contribution in [1.82, 2.24) is 0 Å². The molecule has 1 aromatic carbocycles. The molecule has 31 heavy (non-hydrogen) atoms. The minimum atomic E-state index is -0.421. The number of nitro benzene ring substituents is 1. The first-order valence-corrected chi connectivity index (χ1v) is 12.3. The van der Waals surface area contributed by atoms with Crippen LogP contribution in [-0.2, 0) is 4.74 Å². The number of hydrogen-bond donors (Lipinski definition) is 0. The van der Waals surface area contributed by atoms with Crippen LogP contribution < -0.4 is 4.90 Å². The quantitative estimate of drug-likeness (QED) is 0.118. The lowest BCUT2D eigenvalue weighted by Gasteiger charge is -2.35. The summed E-state index contributed by atoms with van der Waals surface area (Å²) in [6.45, 7) is 4.52. The first-order valence-electron chi connectivity index (χ1n) is 12.3. The van der Waals surface area contributed by atoms with Crippen molar-refractivity contribution in [3.63, 3.8) is 0 Å². The molecule has 1 aliphatic heterocycles. The molecule has 1 aliphatic rings. The van der Waals surface area contributed by atoms with Crippen molar-refractivity contribution in [3.8, 4) is 0 Å². The Morgan fingerprint density at radius 3 is 2.06 bits per heavy atom. The smallest absolute Gasteiger partial charge is 0.341 e. The number of unbranched alkanes of at least 4 members (excludes halogenated alkanes) is 12. The van der Waals surface area contributed by atoms with Gasteiger partial charge in [0.25, 0.3) is 5.69 Å². The second-order valence-electron chi connectivity index (χ2n) is 8.87. The predicted octanol–water partition coefficient (Wildman–Crippen LogP) is 7.40. The molecule has 0 N–H and O–H groups in total. The molecule has 0 radical (unpaired) electrons. The number of rotatable bonds is 16. The Hall–Kier alpha value is -2.11. The molecule has 1 heterocycles. The average Bonchev–Trinajstić information content (AvgIpc) is 2.76. The molecule has 0 aliphatic carbocycles. The molecule has 0 saturated heterocycles. The van der Waals surface area contributed by atoms with Crippen LogP contribution in [0.3, 0.4) is 0 Å². The van der Waals surface area contributed by atoms with Crippen LogP contribution in [0.25, 0.3) is 0 Å². The third-order valence-electron chi connectivity index (χ3n) is 6.31. The van der Waals surface area contributed by atoms with E-state index in [9.17, 15) is 14.9 Å². The average molecular weight is 433 g/mol. The predicted molar refractivity (Wildman–Crippen MR) is 126 cm³/mol. The Balaban J connectivity index is 1.62. The third kappa shape index (κ3) is 8.50. The zero-order chi connectivity index (χ0) is 22.5. The van der Waals surface area contributed by atoms with Gasteiger partial charge in [0.2, 0.25) is 0 Å². The van der Waals surface area contributed by atoms with Crippen LogP contribution in [0, 0.1) is 10.1 Å². The normalized spacial score (nSPS) is 14.3. The van der Waals surface area contributed by atoms with Gasteiger partial charge in [-0.2, -0.15) is 0 Å². The fourth-order valence-electron chi connectivity index (χ4n) is 4.30. The van der Waals surface area contributed by atoms with Crippen molar-refractivity contribution in [2.45, 2.75) is 110 Å². The largest absolute Gasteiger partial charge is 0.441 e. The first-order chi connectivity index (χ1) is 15.0. The summed E-state index contributed by atoms with van der Waals surface area (Å²) in [5.74, 6) is -0.408. The number of hydrogen-bond acceptors (Lipinski definition) is 5. The van der Waals surface area contributed by atoms with Gasteiger partial charge in [0, 0.05) is 18.2 Å². The third-order valence-corrected chi connectivity index (χ3v) is 6.31. The zero-order valence-corrected chi connectivity index (χ0v) is 19.4. The highest BCUT2D eigenvalue weighted by Crippen LogP contribution is 2.32. The van der Waals surface area contributed by atoms with E-state index in [0.717, 1.165) is 12.8 Å². The van der Waals surface area contributed by atoms with Crippen LogP contribution in [0.2, 0.25) is 0 Å². The van der Waals surface area contributed by atoms with E-state index in [0.29, 0.717) is 11.3 Å². The highest BCUT2D eigenvalue weighted by Gasteiger charge is 2.29. The van der Waals surface area contributed by atoms with Crippen molar-refractivity contribution in [1.29, 1.82) is 0 Å². The van der Waals surface area contributed by atoms with Crippen LogP contribution in [0.1, 0.15) is 114 Å². The number of non-ortho nitro benzene ring substituents is 1. The number of anilines is 1. The molecule has 1 atom stereocenters. The number of benzene rings is 1. The number of nitrogens with zero attached hydrogens (tertiary/aromatic N) is 2. The maximum absolute atomic E-state index is 12.0. The second kappa shape index (κ2) is 14.0. The Morgan fingerprint density at radius 2 is 1.52 bits per heavy atom. The van der Waals surface area contributed by atoms with Gasteiger partial charge in [0.1, 0.15) is 0 Å². The molecule has 174 valence electrons. The summed E-state index contributed by atoms with van der Waals surface area (Å²) in [5, 5.41) is 11.1. The number of cyclic esters (lactones) is 1. The van der Waals surface area contributed by atoms with Gasteiger partial charge in [-0.3, -0.25) is 10.1 Å². The Morgan fingerprint density at radius 1 is 0.968 bits per heavy atom. The molecule has 0 fully saturated rings. The minimum absolute atomic E-state index is 0.00612. The van der Waals surface area contributed by atoms with Crippen LogP contribution in [-0.4, -0.2) is 23.7 Å². The maximum Gasteiger partial charge on any atom is 0.341 e. The van der Waals surface area contributed by atoms with Crippen molar-refractivity contribution in [2.75, 3.05) is 11.6 Å². The van der Waals surface area contributed by atoms with E-state index >= 15 is 0 Å². The van der Waals surface area contributed by atoms with Crippen LogP contribution in [0.4, 0.5) is 11.4 Å². The van der Waals surface area contributed by atoms with Gasteiger partial charge in [-0.1, -0.05) is 90.4 Å². The van der Waals surface area contributed by atoms with Gasteiger partial charge >= 0.3 is 5.97 Å². The monoisotopic (exact) mass is 432 g/mol. The molecule has 0 amide bonds. The van der Waals surface area contributed by atoms with Gasteiger partial charge in [0.05, 0.1) is 16.2 Å². The van der Waals surface area contributed by atoms with Gasteiger partial charge < -0.3 is 9.64 Å². The molecule has 0 aromatic heterocycles. The lowest BCUT2D eigenvalue weighted by molar-refractivity contribution is -0.384. The van der Waals surface area contributed by atoms with E-state index in [4.69, 9.17) is 4.74 Å². The van der Waals surface area contributed by atoms with E-state index in [1.165, 1.54) is 95.2 Å². The van der Waals surface area contributed by atoms with Crippen molar-refractivity contribution >= 4 is 17.3 Å². The fourth-order valence-corrected chi connectivity index (χ4v) is 4.30. The first kappa shape index (κ1) is 25.2. The maximum atomic E-state index is 12.0. The SMILES string of the molecule is CCCCCCCCCCCCCCCC(C)N1COC(=O)c2ccc([N+](=O)[O-])cc21. The molecular formula is C25H40N2O4. The summed E-state index contributed by atoms with van der Waals surface area (Å²) >= 11 is 0. The molecular weight excluding hydrogens is 392 g/mol. The van der Waals surface area contributed by atoms with Crippen molar-refractivity contribution in [3.05, 3.63) is 33.9 Å². The van der Waals surface area contributed by atoms with Crippen LogP contribution >= 0.6 is 0 Å². The summed E-state index contributed by atoms with van der Waals surface area (Å²) in [6, 6.07) is 4.53. The lowest BCUT2D eigenvalue weighted by Crippen LogP contribution is -2.40. The van der Waals surface area contributed by atoms with E-state index in [1.807, 2.05) is 4.90 Å². The standard InChI is InChI=1S/C25H40N2O4/c1-3-4-5-6-7-8-9-10-11-12-13-14-15-16-21(2)26-20-31-25(28)23-18-17-22(27(29)30)19-24(23)26/h17-19,21H,3-16,20H2,1-2H3. The summed E-state index contributed by atoms with van der Waals surface area (Å²) < 4.78 is 5.27. The highest BCUT2D eigenvalue weighted by atomic mass is 16.6. The fraction of sp³-hybridized carbons (Fsp3) is 0.720. The molecule has 6 nitrogen and oxygen atoms in total. The number of carbonyl (C=O) groups excluding carboxylic acids is 1. The Kier molecular flexibility index (Phi) is 11.4. The molecule has 0 bridgehead atoms. The van der Waals surface area contributed by atoms with E-state index in [2.05, 4.69) is 13.8 Å². The van der Waals surface area contributed by atoms with E-state index in [-0.39, 0.29) is 18.5 Å². The number of nitro groups is 1. The van der Waals surface area contributed by atoms with E-state index < -0.39 is 10.9 Å². The topological polar surface area (TPSA) is 72.7 Å². The van der Waals surface area contributed by atoms with Gasteiger partial charge in [0.15, 0.2) is 6.73 Å². The van der Waals surface area contributed by atoms with Crippen molar-refractivity contribution < 1.29 is 14.5 Å². The Bertz CT molecular complexity index is 692. The number of ether oxygens (including phenoxy) is 1. The molecule has 1 aromatic rings. The molecule has 6 heteroatoms. The van der Waals surface area contributed by atoms with Gasteiger partial charge in [-0.05, 0) is 19.4 Å². The lowest BCUT2D eigenvalue weighted by atomic mass is 10.0. The summed E-state index contributed by atoms with van der Waals surface area (Å²) in [4.78, 5) is 24.7. The molecule has 0 spiro atoms. The summed E-state index contributed by atoms with van der Waals surface area (Å²) in [7, 11) is 0. The van der Waals surface area contributed by atoms with Gasteiger partial charge in [-0.15, -0.1) is 0 Å². The van der Waals surface area contributed by atoms with Crippen LogP contribution in [0.5, 0.6) is 0 Å². The second-order valence-corrected chi connectivity index (χ2v) is 8.87. The minimum Gasteiger partial charge on any atom is -0.441 e. The molecule has 2 rings (SSSR count). The molecule has 1 unspecified atom stereocenters. The van der Waals surface area contributed by atoms with Crippen LogP contribution in [0.15, 0.2) is 18.2 Å². The van der Waals surface area contributed by atoms with Crippen molar-refractivity contribution in [2.24, 2.45) is 0 Å². The molecule has 0 saturated carbocycles. The summed E-state index contributed by atoms with van der Waals surface area (Å²) in [6.07, 6.45) is 18.2. The number of carbonyl (C=O) groups is 1. The number of esters is 1. The number of fused-ring (bicyclic) bond motifs is 1. The zero-order valence-electron chi connectivity index (χ0n) is 19.4. The van der Waals surface area contributed by atoms with E-state index in [1.54, 1.807) is 0 Å². The Labute approximate surface area is 187 Å².